The molecule has 2 aliphatic rings. The van der Waals surface area contributed by atoms with Crippen molar-refractivity contribution in [2.75, 3.05) is 31.7 Å². The highest BCUT2D eigenvalue weighted by atomic mass is 127. The highest BCUT2D eigenvalue weighted by Crippen LogP contribution is 2.30. The van der Waals surface area contributed by atoms with Gasteiger partial charge in [0.25, 0.3) is 0 Å². The van der Waals surface area contributed by atoms with Crippen molar-refractivity contribution in [3.63, 3.8) is 0 Å². The van der Waals surface area contributed by atoms with E-state index < -0.39 is 0 Å². The second-order valence-corrected chi connectivity index (χ2v) is 7.15. The zero-order chi connectivity index (χ0) is 18.4. The van der Waals surface area contributed by atoms with E-state index in [1.54, 1.807) is 13.3 Å². The molecule has 0 bridgehead atoms. The number of methoxy groups -OCH3 is 1. The Hall–Kier alpha value is -1.39. The van der Waals surface area contributed by atoms with Crippen molar-refractivity contribution in [1.29, 1.82) is 5.26 Å². The molecule has 0 radical (unpaired) electrons. The molecule has 2 fully saturated rings. The number of piperidine rings is 1. The van der Waals surface area contributed by atoms with Gasteiger partial charge in [0.15, 0.2) is 0 Å². The summed E-state index contributed by atoms with van der Waals surface area (Å²) in [6.07, 6.45) is 6.54. The van der Waals surface area contributed by atoms with E-state index in [0.29, 0.717) is 36.2 Å². The minimum absolute atomic E-state index is 0.293. The number of pyridine rings is 1. The summed E-state index contributed by atoms with van der Waals surface area (Å²) < 4.78 is 16.4. The first-order valence-electron chi connectivity index (χ1n) is 8.79. The highest BCUT2D eigenvalue weighted by Gasteiger charge is 2.33. The van der Waals surface area contributed by atoms with Crippen LogP contribution in [-0.4, -0.2) is 50.1 Å². The van der Waals surface area contributed by atoms with E-state index in [1.807, 2.05) is 29.1 Å². The Bertz CT molecular complexity index is 711. The van der Waals surface area contributed by atoms with Crippen molar-refractivity contribution in [3.05, 3.63) is 23.5 Å². The molecule has 7 heteroatoms. The lowest BCUT2D eigenvalue weighted by Gasteiger charge is -2.40. The van der Waals surface area contributed by atoms with Gasteiger partial charge >= 0.3 is 0 Å². The first kappa shape index (κ1) is 19.4. The lowest BCUT2D eigenvalue weighted by molar-refractivity contribution is -0.119. The molecule has 3 rings (SSSR count). The SMILES string of the molecule is COC1CC(OC2CCN(c3cc(C#CCOI)ncc3C#N)CC2)C1. The molecular formula is C19H22IN3O3. The molecule has 26 heavy (non-hydrogen) atoms. The lowest BCUT2D eigenvalue weighted by Crippen LogP contribution is -2.43. The van der Waals surface area contributed by atoms with Crippen molar-refractivity contribution in [2.45, 2.75) is 44.0 Å². The van der Waals surface area contributed by atoms with Crippen LogP contribution >= 0.6 is 23.0 Å². The Balaban J connectivity index is 1.59. The summed E-state index contributed by atoms with van der Waals surface area (Å²) in [5.74, 6) is 5.87. The average Bonchev–Trinajstić information content (AvgIpc) is 2.65. The molecule has 1 aliphatic carbocycles. The van der Waals surface area contributed by atoms with Crippen LogP contribution in [0.15, 0.2) is 12.3 Å². The largest absolute Gasteiger partial charge is 0.381 e. The standard InChI is InChI=1S/C19H22IN3O3/c1-24-17-10-18(11-17)26-16-4-6-23(7-5-16)19-9-15(3-2-8-25-20)22-13-14(19)12-21/h9,13,16-18H,4-8,10-11H2,1H3. The summed E-state index contributed by atoms with van der Waals surface area (Å²) >= 11 is 1.81. The van der Waals surface area contributed by atoms with E-state index in [1.165, 1.54) is 0 Å². The van der Waals surface area contributed by atoms with Crippen LogP contribution in [0.5, 0.6) is 0 Å². The number of hydrogen-bond acceptors (Lipinski definition) is 6. The van der Waals surface area contributed by atoms with Crippen LogP contribution in [0, 0.1) is 23.2 Å². The number of anilines is 1. The van der Waals surface area contributed by atoms with Gasteiger partial charge < -0.3 is 17.4 Å². The summed E-state index contributed by atoms with van der Waals surface area (Å²) in [5, 5.41) is 9.40. The van der Waals surface area contributed by atoms with Gasteiger partial charge in [-0.3, -0.25) is 0 Å². The molecular weight excluding hydrogens is 445 g/mol. The molecule has 1 aliphatic heterocycles. The first-order chi connectivity index (χ1) is 12.7. The molecule has 1 saturated heterocycles. The average molecular weight is 467 g/mol. The van der Waals surface area contributed by atoms with Crippen molar-refractivity contribution in [1.82, 2.24) is 4.98 Å². The number of rotatable bonds is 5. The van der Waals surface area contributed by atoms with Crippen LogP contribution < -0.4 is 4.90 Å². The molecule has 1 saturated carbocycles. The molecule has 0 N–H and O–H groups in total. The zero-order valence-corrected chi connectivity index (χ0v) is 16.9. The third kappa shape index (κ3) is 4.86. The van der Waals surface area contributed by atoms with Crippen LogP contribution in [-0.2, 0) is 12.5 Å². The van der Waals surface area contributed by atoms with Gasteiger partial charge in [-0.1, -0.05) is 5.92 Å². The molecule has 6 nitrogen and oxygen atoms in total. The highest BCUT2D eigenvalue weighted by molar-refractivity contribution is 14.1. The number of nitrogens with zero attached hydrogens (tertiary/aromatic N) is 3. The van der Waals surface area contributed by atoms with Crippen LogP contribution in [0.1, 0.15) is 36.9 Å². The maximum atomic E-state index is 9.40. The molecule has 2 heterocycles. The number of nitriles is 1. The Morgan fingerprint density at radius 2 is 2.04 bits per heavy atom. The van der Waals surface area contributed by atoms with Gasteiger partial charge in [-0.2, -0.15) is 5.26 Å². The van der Waals surface area contributed by atoms with Crippen molar-refractivity contribution >= 4 is 28.7 Å². The van der Waals surface area contributed by atoms with E-state index in [2.05, 4.69) is 27.8 Å². The van der Waals surface area contributed by atoms with E-state index >= 15 is 0 Å². The second-order valence-electron chi connectivity index (χ2n) is 6.53. The lowest BCUT2D eigenvalue weighted by atomic mass is 9.91. The van der Waals surface area contributed by atoms with Gasteiger partial charge in [-0.05, 0) is 37.7 Å². The number of halogens is 1. The molecule has 0 amide bonds. The minimum atomic E-state index is 0.293. The molecule has 1 aromatic rings. The third-order valence-electron chi connectivity index (χ3n) is 4.90. The number of hydrogen-bond donors (Lipinski definition) is 0. The fraction of sp³-hybridized carbons (Fsp3) is 0.579. The summed E-state index contributed by atoms with van der Waals surface area (Å²) in [7, 11) is 1.76. The molecule has 0 aromatic carbocycles. The van der Waals surface area contributed by atoms with Crippen LogP contribution in [0.2, 0.25) is 0 Å². The van der Waals surface area contributed by atoms with Crippen molar-refractivity contribution in [2.24, 2.45) is 0 Å². The van der Waals surface area contributed by atoms with E-state index in [-0.39, 0.29) is 0 Å². The predicted molar refractivity (Wildman–Crippen MR) is 106 cm³/mol. The minimum Gasteiger partial charge on any atom is -0.381 e. The monoisotopic (exact) mass is 467 g/mol. The van der Waals surface area contributed by atoms with E-state index in [0.717, 1.165) is 44.5 Å². The predicted octanol–water partition coefficient (Wildman–Crippen LogP) is 2.83. The Morgan fingerprint density at radius 1 is 1.27 bits per heavy atom. The molecule has 138 valence electrons. The molecule has 0 atom stereocenters. The molecule has 0 spiro atoms. The quantitative estimate of drug-likeness (QED) is 0.490. The maximum Gasteiger partial charge on any atom is 0.120 e. The third-order valence-corrected chi connectivity index (χ3v) is 5.21. The van der Waals surface area contributed by atoms with Crippen LogP contribution in [0.25, 0.3) is 0 Å². The van der Waals surface area contributed by atoms with Gasteiger partial charge in [0.2, 0.25) is 0 Å². The molecule has 0 unspecified atom stereocenters. The van der Waals surface area contributed by atoms with Gasteiger partial charge in [0.05, 0.1) is 29.6 Å². The number of ether oxygens (including phenoxy) is 2. The normalized spacial score (nSPS) is 22.9. The fourth-order valence-electron chi connectivity index (χ4n) is 3.34. The fourth-order valence-corrected chi connectivity index (χ4v) is 3.50. The van der Waals surface area contributed by atoms with Gasteiger partial charge in [0, 0.05) is 26.4 Å². The first-order valence-corrected chi connectivity index (χ1v) is 9.67. The Morgan fingerprint density at radius 3 is 2.69 bits per heavy atom. The smallest absolute Gasteiger partial charge is 0.120 e. The Labute approximate surface area is 168 Å². The van der Waals surface area contributed by atoms with Crippen molar-refractivity contribution in [3.8, 4) is 17.9 Å². The Kier molecular flexibility index (Phi) is 7.09. The van der Waals surface area contributed by atoms with E-state index in [9.17, 15) is 5.26 Å². The van der Waals surface area contributed by atoms with E-state index in [4.69, 9.17) is 12.5 Å². The molecule has 1 aromatic heterocycles. The van der Waals surface area contributed by atoms with Crippen LogP contribution in [0.3, 0.4) is 0 Å². The summed E-state index contributed by atoms with van der Waals surface area (Å²) in [5.41, 5.74) is 2.15. The zero-order valence-electron chi connectivity index (χ0n) is 14.8. The van der Waals surface area contributed by atoms with Crippen molar-refractivity contribution < 1.29 is 12.5 Å². The topological polar surface area (TPSA) is 67.6 Å². The second kappa shape index (κ2) is 9.52. The van der Waals surface area contributed by atoms with Gasteiger partial charge in [-0.25, -0.2) is 4.98 Å². The summed E-state index contributed by atoms with van der Waals surface area (Å²) in [6, 6.07) is 4.13. The van der Waals surface area contributed by atoms with Gasteiger partial charge in [0.1, 0.15) is 41.4 Å². The summed E-state index contributed by atoms with van der Waals surface area (Å²) in [6.45, 7) is 2.09. The summed E-state index contributed by atoms with van der Waals surface area (Å²) in [4.78, 5) is 6.48. The number of aromatic nitrogens is 1. The van der Waals surface area contributed by atoms with Crippen LogP contribution in [0.4, 0.5) is 5.69 Å². The van der Waals surface area contributed by atoms with Gasteiger partial charge in [-0.15, -0.1) is 0 Å². The maximum absolute atomic E-state index is 9.40.